The zero-order valence-corrected chi connectivity index (χ0v) is 13.2. The van der Waals surface area contributed by atoms with E-state index in [2.05, 4.69) is 5.32 Å². The van der Waals surface area contributed by atoms with Crippen molar-refractivity contribution in [3.05, 3.63) is 65.7 Å². The van der Waals surface area contributed by atoms with E-state index in [1.54, 1.807) is 4.90 Å². The molecule has 0 aromatic heterocycles. The highest BCUT2D eigenvalue weighted by Gasteiger charge is 2.52. The summed E-state index contributed by atoms with van der Waals surface area (Å²) in [4.78, 5) is 26.5. The number of benzene rings is 2. The van der Waals surface area contributed by atoms with E-state index in [1.807, 2.05) is 54.6 Å². The highest BCUT2D eigenvalue weighted by atomic mass is 16.6. The predicted octanol–water partition coefficient (Wildman–Crippen LogP) is 2.92. The van der Waals surface area contributed by atoms with Crippen LogP contribution in [-0.2, 0) is 21.6 Å². The molecule has 122 valence electrons. The molecule has 0 saturated carbocycles. The van der Waals surface area contributed by atoms with Crippen molar-refractivity contribution in [2.24, 2.45) is 0 Å². The molecule has 24 heavy (non-hydrogen) atoms. The molecular weight excluding hydrogens is 304 g/mol. The first-order valence-electron chi connectivity index (χ1n) is 8.06. The molecule has 1 fully saturated rings. The quantitative estimate of drug-likeness (QED) is 0.925. The molecule has 1 saturated heterocycles. The van der Waals surface area contributed by atoms with E-state index in [4.69, 9.17) is 4.74 Å². The molecule has 2 amide bonds. The molecule has 2 aliphatic rings. The van der Waals surface area contributed by atoms with E-state index in [0.717, 1.165) is 16.8 Å². The minimum Gasteiger partial charge on any atom is -0.445 e. The number of fused-ring (bicyclic) bond motifs is 2. The fraction of sp³-hybridized carbons (Fsp3) is 0.263. The maximum atomic E-state index is 12.5. The van der Waals surface area contributed by atoms with Gasteiger partial charge in [-0.25, -0.2) is 4.79 Å². The van der Waals surface area contributed by atoms with Crippen molar-refractivity contribution >= 4 is 17.7 Å². The summed E-state index contributed by atoms with van der Waals surface area (Å²) in [7, 11) is 0. The lowest BCUT2D eigenvalue weighted by atomic mass is 9.81. The number of ether oxygens (including phenoxy) is 1. The molecule has 2 aliphatic heterocycles. The number of hydrogen-bond acceptors (Lipinski definition) is 3. The Hall–Kier alpha value is -2.82. The zero-order chi connectivity index (χ0) is 16.6. The van der Waals surface area contributed by atoms with Crippen LogP contribution in [0, 0.1) is 0 Å². The molecule has 0 aliphatic carbocycles. The van der Waals surface area contributed by atoms with Crippen LogP contribution in [0.2, 0.25) is 0 Å². The van der Waals surface area contributed by atoms with Crippen molar-refractivity contribution in [3.63, 3.8) is 0 Å². The summed E-state index contributed by atoms with van der Waals surface area (Å²) in [6.07, 6.45) is 0.254. The van der Waals surface area contributed by atoms with Gasteiger partial charge in [0.1, 0.15) is 6.61 Å². The Morgan fingerprint density at radius 3 is 2.71 bits per heavy atom. The second-order valence-corrected chi connectivity index (χ2v) is 6.29. The van der Waals surface area contributed by atoms with Crippen LogP contribution in [0.4, 0.5) is 10.5 Å². The molecule has 0 radical (unpaired) electrons. The number of carbonyl (C=O) groups excluding carboxylic acids is 2. The van der Waals surface area contributed by atoms with Crippen molar-refractivity contribution in [3.8, 4) is 0 Å². The maximum absolute atomic E-state index is 12.5. The third-order valence-electron chi connectivity index (χ3n) is 4.86. The Morgan fingerprint density at radius 1 is 1.12 bits per heavy atom. The molecule has 2 aromatic rings. The lowest BCUT2D eigenvalue weighted by Crippen LogP contribution is -2.39. The van der Waals surface area contributed by atoms with Crippen LogP contribution < -0.4 is 5.32 Å². The smallest absolute Gasteiger partial charge is 0.410 e. The number of nitrogens with zero attached hydrogens (tertiary/aromatic N) is 1. The molecule has 2 aromatic carbocycles. The summed E-state index contributed by atoms with van der Waals surface area (Å²) in [5.41, 5.74) is 2.14. The largest absolute Gasteiger partial charge is 0.445 e. The van der Waals surface area contributed by atoms with Gasteiger partial charge in [0.15, 0.2) is 0 Å². The first kappa shape index (κ1) is 14.8. The van der Waals surface area contributed by atoms with E-state index in [-0.39, 0.29) is 18.6 Å². The standard InChI is InChI=1S/C19H18N2O3/c22-17-19(15-8-4-5-9-16(15)20-17)10-11-21(13-19)18(23)24-12-14-6-2-1-3-7-14/h1-9H,10-13H2,(H,20,22)/t19-/m0/s1. The van der Waals surface area contributed by atoms with Crippen LogP contribution in [0.25, 0.3) is 0 Å². The number of anilines is 1. The van der Waals surface area contributed by atoms with E-state index in [9.17, 15) is 9.59 Å². The van der Waals surface area contributed by atoms with Crippen molar-refractivity contribution in [1.82, 2.24) is 4.90 Å². The Labute approximate surface area is 140 Å². The molecule has 4 rings (SSSR count). The summed E-state index contributed by atoms with van der Waals surface area (Å²) < 4.78 is 5.39. The van der Waals surface area contributed by atoms with Gasteiger partial charge >= 0.3 is 6.09 Å². The monoisotopic (exact) mass is 322 g/mol. The van der Waals surface area contributed by atoms with Crippen LogP contribution in [0.1, 0.15) is 17.5 Å². The van der Waals surface area contributed by atoms with E-state index < -0.39 is 5.41 Å². The fourth-order valence-electron chi connectivity index (χ4n) is 3.56. The first-order chi connectivity index (χ1) is 11.7. The highest BCUT2D eigenvalue weighted by Crippen LogP contribution is 2.44. The average Bonchev–Trinajstić information content (AvgIpc) is 3.18. The van der Waals surface area contributed by atoms with E-state index in [1.165, 1.54) is 0 Å². The Morgan fingerprint density at radius 2 is 1.88 bits per heavy atom. The van der Waals surface area contributed by atoms with Crippen LogP contribution in [-0.4, -0.2) is 30.0 Å². The number of rotatable bonds is 2. The Balaban J connectivity index is 1.47. The van der Waals surface area contributed by atoms with Gasteiger partial charge < -0.3 is 15.0 Å². The molecule has 0 bridgehead atoms. The summed E-state index contributed by atoms with van der Waals surface area (Å²) in [6.45, 7) is 1.13. The molecule has 1 spiro atoms. The first-order valence-corrected chi connectivity index (χ1v) is 8.06. The van der Waals surface area contributed by atoms with Crippen LogP contribution in [0.5, 0.6) is 0 Å². The van der Waals surface area contributed by atoms with Gasteiger partial charge in [-0.2, -0.15) is 0 Å². The molecule has 0 unspecified atom stereocenters. The third-order valence-corrected chi connectivity index (χ3v) is 4.86. The van der Waals surface area contributed by atoms with Gasteiger partial charge in [-0.15, -0.1) is 0 Å². The summed E-state index contributed by atoms with van der Waals surface area (Å²) in [5, 5.41) is 2.93. The molecule has 1 atom stereocenters. The van der Waals surface area contributed by atoms with Crippen LogP contribution >= 0.6 is 0 Å². The van der Waals surface area contributed by atoms with Gasteiger partial charge in [0.2, 0.25) is 5.91 Å². The predicted molar refractivity (Wildman–Crippen MR) is 89.6 cm³/mol. The molecule has 2 heterocycles. The SMILES string of the molecule is O=C(OCc1ccccc1)N1CC[C@@]2(C1)C(=O)Nc1ccccc12. The lowest BCUT2D eigenvalue weighted by molar-refractivity contribution is -0.120. The summed E-state index contributed by atoms with van der Waals surface area (Å²) >= 11 is 0. The topological polar surface area (TPSA) is 58.6 Å². The van der Waals surface area contributed by atoms with E-state index >= 15 is 0 Å². The van der Waals surface area contributed by atoms with Gasteiger partial charge in [-0.3, -0.25) is 4.79 Å². The van der Waals surface area contributed by atoms with Gasteiger partial charge in [-0.1, -0.05) is 48.5 Å². The molecule has 1 N–H and O–H groups in total. The van der Waals surface area contributed by atoms with Crippen molar-refractivity contribution in [2.45, 2.75) is 18.4 Å². The van der Waals surface area contributed by atoms with Crippen molar-refractivity contribution in [2.75, 3.05) is 18.4 Å². The summed E-state index contributed by atoms with van der Waals surface area (Å²) in [5.74, 6) is -0.0259. The normalized spacial score (nSPS) is 21.7. The van der Waals surface area contributed by atoms with Gasteiger partial charge in [-0.05, 0) is 23.6 Å². The Bertz CT molecular complexity index is 790. The maximum Gasteiger partial charge on any atom is 0.410 e. The van der Waals surface area contributed by atoms with Crippen LogP contribution in [0.15, 0.2) is 54.6 Å². The lowest BCUT2D eigenvalue weighted by Gasteiger charge is -2.22. The van der Waals surface area contributed by atoms with E-state index in [0.29, 0.717) is 19.5 Å². The molecule has 5 heteroatoms. The third kappa shape index (κ3) is 2.33. The molecular formula is C19H18N2O3. The number of hydrogen-bond donors (Lipinski definition) is 1. The summed E-state index contributed by atoms with van der Waals surface area (Å²) in [6, 6.07) is 17.3. The second kappa shape index (κ2) is 5.67. The van der Waals surface area contributed by atoms with Crippen molar-refractivity contribution < 1.29 is 14.3 Å². The molecule has 5 nitrogen and oxygen atoms in total. The van der Waals surface area contributed by atoms with Gasteiger partial charge in [0.25, 0.3) is 0 Å². The van der Waals surface area contributed by atoms with Gasteiger partial charge in [0, 0.05) is 18.8 Å². The zero-order valence-electron chi connectivity index (χ0n) is 13.2. The minimum atomic E-state index is -0.637. The average molecular weight is 322 g/mol. The number of nitrogens with one attached hydrogen (secondary N) is 1. The number of para-hydroxylation sites is 1. The van der Waals surface area contributed by atoms with Crippen LogP contribution in [0.3, 0.4) is 0 Å². The van der Waals surface area contributed by atoms with Crippen molar-refractivity contribution in [1.29, 1.82) is 0 Å². The number of carbonyl (C=O) groups is 2. The highest BCUT2D eigenvalue weighted by molar-refractivity contribution is 6.07. The Kier molecular flexibility index (Phi) is 3.49. The fourth-order valence-corrected chi connectivity index (χ4v) is 3.56. The number of amides is 2. The minimum absolute atomic E-state index is 0.0259. The number of likely N-dealkylation sites (tertiary alicyclic amines) is 1. The second-order valence-electron chi connectivity index (χ2n) is 6.29. The van der Waals surface area contributed by atoms with Gasteiger partial charge in [0.05, 0.1) is 5.41 Å².